The largest absolute Gasteiger partial charge is 0.465 e. The predicted octanol–water partition coefficient (Wildman–Crippen LogP) is 2.58. The molecule has 0 spiro atoms. The van der Waals surface area contributed by atoms with Crippen molar-refractivity contribution in [3.05, 3.63) is 16.8 Å². The molecular weight excluding hydrogens is 312 g/mol. The number of amides is 1. The van der Waals surface area contributed by atoms with Crippen LogP contribution in [-0.4, -0.2) is 34.6 Å². The van der Waals surface area contributed by atoms with E-state index >= 15 is 0 Å². The molecule has 1 amide bonds. The summed E-state index contributed by atoms with van der Waals surface area (Å²) in [5.41, 5.74) is 0.917. The summed E-state index contributed by atoms with van der Waals surface area (Å²) in [6, 6.07) is 0. The highest BCUT2D eigenvalue weighted by molar-refractivity contribution is 6.02. The molecule has 0 aliphatic rings. The van der Waals surface area contributed by atoms with Crippen molar-refractivity contribution in [2.24, 2.45) is 0 Å². The number of aromatic nitrogens is 1. The third-order valence-corrected chi connectivity index (χ3v) is 3.32. The van der Waals surface area contributed by atoms with Gasteiger partial charge in [-0.3, -0.25) is 9.59 Å². The summed E-state index contributed by atoms with van der Waals surface area (Å²) in [6.07, 6.45) is 0. The van der Waals surface area contributed by atoms with Gasteiger partial charge in [-0.15, -0.1) is 0 Å². The minimum absolute atomic E-state index is 0.0983. The van der Waals surface area contributed by atoms with Crippen molar-refractivity contribution in [3.63, 3.8) is 0 Å². The van der Waals surface area contributed by atoms with Crippen molar-refractivity contribution in [2.75, 3.05) is 11.9 Å². The average Bonchev–Trinajstić information content (AvgIpc) is 2.61. The van der Waals surface area contributed by atoms with Crippen LogP contribution in [0.1, 0.15) is 56.2 Å². The van der Waals surface area contributed by atoms with Crippen LogP contribution in [-0.2, 0) is 25.6 Å². The van der Waals surface area contributed by atoms with Crippen LogP contribution in [0.25, 0.3) is 0 Å². The fourth-order valence-corrected chi connectivity index (χ4v) is 2.27. The second kappa shape index (κ2) is 7.51. The summed E-state index contributed by atoms with van der Waals surface area (Å²) in [6.45, 7) is 12.0. The maximum Gasteiger partial charge on any atom is 0.342 e. The van der Waals surface area contributed by atoms with E-state index in [4.69, 9.17) is 9.47 Å². The van der Waals surface area contributed by atoms with Gasteiger partial charge >= 0.3 is 11.9 Å². The van der Waals surface area contributed by atoms with E-state index in [0.29, 0.717) is 11.3 Å². The predicted molar refractivity (Wildman–Crippen MR) is 90.0 cm³/mol. The minimum atomic E-state index is -0.672. The van der Waals surface area contributed by atoms with Gasteiger partial charge in [-0.1, -0.05) is 0 Å². The van der Waals surface area contributed by atoms with Gasteiger partial charge in [0, 0.05) is 12.6 Å². The van der Waals surface area contributed by atoms with E-state index in [1.54, 1.807) is 46.1 Å². The molecule has 134 valence electrons. The topological polar surface area (TPSA) is 86.6 Å². The van der Waals surface area contributed by atoms with Crippen molar-refractivity contribution in [2.45, 2.75) is 60.6 Å². The molecule has 1 aromatic heterocycles. The highest BCUT2D eigenvalue weighted by atomic mass is 16.6. The average molecular weight is 338 g/mol. The highest BCUT2D eigenvalue weighted by Gasteiger charge is 2.28. The molecule has 0 bridgehead atoms. The molecule has 0 fully saturated rings. The SMILES string of the molecule is CCOC(=O)Cn1c(C)c(C)c(C(=O)OC(C)(C)C)c1NC(C)=O. The number of esters is 2. The standard InChI is InChI=1S/C17H26N2O5/c1-8-23-13(21)9-19-11(3)10(2)14(15(19)18-12(4)20)16(22)24-17(5,6)7/h8-9H2,1-7H3,(H,18,20). The van der Waals surface area contributed by atoms with Crippen LogP contribution in [0.5, 0.6) is 0 Å². The molecule has 1 heterocycles. The summed E-state index contributed by atoms with van der Waals surface area (Å²) >= 11 is 0. The van der Waals surface area contributed by atoms with Crippen molar-refractivity contribution < 1.29 is 23.9 Å². The summed E-state index contributed by atoms with van der Waals surface area (Å²) in [5.74, 6) is -1.09. The Morgan fingerprint density at radius 2 is 1.75 bits per heavy atom. The first kappa shape index (κ1) is 19.7. The number of anilines is 1. The molecule has 24 heavy (non-hydrogen) atoms. The Kier molecular flexibility index (Phi) is 6.17. The van der Waals surface area contributed by atoms with Crippen molar-refractivity contribution in [1.29, 1.82) is 0 Å². The van der Waals surface area contributed by atoms with Crippen LogP contribution in [0, 0.1) is 13.8 Å². The van der Waals surface area contributed by atoms with E-state index in [1.165, 1.54) is 6.92 Å². The van der Waals surface area contributed by atoms with Gasteiger partial charge in [-0.25, -0.2) is 4.79 Å². The molecule has 1 aromatic rings. The monoisotopic (exact) mass is 338 g/mol. The molecule has 1 rings (SSSR count). The Bertz CT molecular complexity index is 653. The van der Waals surface area contributed by atoms with Crippen molar-refractivity contribution in [3.8, 4) is 0 Å². The lowest BCUT2D eigenvalue weighted by molar-refractivity contribution is -0.143. The number of nitrogens with one attached hydrogen (secondary N) is 1. The number of rotatable bonds is 5. The molecular formula is C17H26N2O5. The van der Waals surface area contributed by atoms with Gasteiger partial charge < -0.3 is 19.4 Å². The second-order valence-corrected chi connectivity index (χ2v) is 6.51. The quantitative estimate of drug-likeness (QED) is 0.834. The van der Waals surface area contributed by atoms with Gasteiger partial charge in [-0.05, 0) is 47.1 Å². The smallest absolute Gasteiger partial charge is 0.342 e. The molecule has 0 aliphatic carbocycles. The van der Waals surface area contributed by atoms with E-state index in [0.717, 1.165) is 0 Å². The lowest BCUT2D eigenvalue weighted by Crippen LogP contribution is -2.25. The third-order valence-electron chi connectivity index (χ3n) is 3.32. The third kappa shape index (κ3) is 4.84. The first-order chi connectivity index (χ1) is 11.0. The normalized spacial score (nSPS) is 11.1. The minimum Gasteiger partial charge on any atom is -0.465 e. The van der Waals surface area contributed by atoms with Crippen LogP contribution < -0.4 is 5.32 Å². The van der Waals surface area contributed by atoms with Crippen LogP contribution >= 0.6 is 0 Å². The molecule has 1 N–H and O–H groups in total. The van der Waals surface area contributed by atoms with Crippen LogP contribution in [0.3, 0.4) is 0 Å². The number of nitrogens with zero attached hydrogens (tertiary/aromatic N) is 1. The van der Waals surface area contributed by atoms with E-state index in [2.05, 4.69) is 5.32 Å². The van der Waals surface area contributed by atoms with Crippen molar-refractivity contribution >= 4 is 23.7 Å². The summed E-state index contributed by atoms with van der Waals surface area (Å²) in [7, 11) is 0. The lowest BCUT2D eigenvalue weighted by atomic mass is 10.1. The van der Waals surface area contributed by atoms with Gasteiger partial charge in [0.1, 0.15) is 23.5 Å². The number of hydrogen-bond acceptors (Lipinski definition) is 5. The zero-order valence-corrected chi connectivity index (χ0v) is 15.4. The van der Waals surface area contributed by atoms with Gasteiger partial charge in [0.25, 0.3) is 0 Å². The molecule has 0 saturated carbocycles. The second-order valence-electron chi connectivity index (χ2n) is 6.51. The fourth-order valence-electron chi connectivity index (χ4n) is 2.27. The maximum absolute atomic E-state index is 12.6. The Labute approximate surface area is 142 Å². The number of carbonyl (C=O) groups is 3. The fraction of sp³-hybridized carbons (Fsp3) is 0.588. The molecule has 0 aromatic carbocycles. The Balaban J connectivity index is 3.39. The molecule has 0 saturated heterocycles. The highest BCUT2D eigenvalue weighted by Crippen LogP contribution is 2.29. The summed E-state index contributed by atoms with van der Waals surface area (Å²) in [5, 5.41) is 2.63. The molecule has 0 aliphatic heterocycles. The summed E-state index contributed by atoms with van der Waals surface area (Å²) in [4.78, 5) is 36.0. The molecule has 7 heteroatoms. The summed E-state index contributed by atoms with van der Waals surface area (Å²) < 4.78 is 12.0. The number of carbonyl (C=O) groups excluding carboxylic acids is 3. The van der Waals surface area contributed by atoms with E-state index in [9.17, 15) is 14.4 Å². The Morgan fingerprint density at radius 3 is 2.21 bits per heavy atom. The van der Waals surface area contributed by atoms with Crippen molar-refractivity contribution in [1.82, 2.24) is 4.57 Å². The van der Waals surface area contributed by atoms with Crippen LogP contribution in [0.4, 0.5) is 5.82 Å². The van der Waals surface area contributed by atoms with Crippen LogP contribution in [0.15, 0.2) is 0 Å². The van der Waals surface area contributed by atoms with E-state index in [-0.39, 0.29) is 30.4 Å². The first-order valence-electron chi connectivity index (χ1n) is 7.84. The van der Waals surface area contributed by atoms with Gasteiger partial charge in [-0.2, -0.15) is 0 Å². The lowest BCUT2D eigenvalue weighted by Gasteiger charge is -2.20. The first-order valence-corrected chi connectivity index (χ1v) is 7.84. The zero-order chi connectivity index (χ0) is 18.7. The molecule has 0 unspecified atom stereocenters. The van der Waals surface area contributed by atoms with E-state index in [1.807, 2.05) is 0 Å². The Morgan fingerprint density at radius 1 is 1.17 bits per heavy atom. The number of ether oxygens (including phenoxy) is 2. The molecule has 0 radical (unpaired) electrons. The molecule has 7 nitrogen and oxygen atoms in total. The maximum atomic E-state index is 12.6. The number of hydrogen-bond donors (Lipinski definition) is 1. The Hall–Kier alpha value is -2.31. The van der Waals surface area contributed by atoms with E-state index < -0.39 is 17.5 Å². The molecule has 0 atom stereocenters. The van der Waals surface area contributed by atoms with Gasteiger partial charge in [0.15, 0.2) is 0 Å². The van der Waals surface area contributed by atoms with Gasteiger partial charge in [0.05, 0.1) is 6.61 Å². The van der Waals surface area contributed by atoms with Gasteiger partial charge in [0.2, 0.25) is 5.91 Å². The van der Waals surface area contributed by atoms with Crippen LogP contribution in [0.2, 0.25) is 0 Å². The zero-order valence-electron chi connectivity index (χ0n) is 15.4.